The maximum absolute atomic E-state index is 14.8. The van der Waals surface area contributed by atoms with E-state index in [1.807, 2.05) is 6.08 Å². The van der Waals surface area contributed by atoms with E-state index in [4.69, 9.17) is 18.9 Å². The first-order valence-corrected chi connectivity index (χ1v) is 20.0. The van der Waals surface area contributed by atoms with Crippen LogP contribution in [0.2, 0.25) is 0 Å². The number of fused-ring (bicyclic) bond motifs is 7. The van der Waals surface area contributed by atoms with Gasteiger partial charge in [0.2, 0.25) is 0 Å². The number of carbonyl (C=O) groups excluding carboxylic acids is 1. The third-order valence-corrected chi connectivity index (χ3v) is 16.6. The Balaban J connectivity index is 1.16. The number of ketones is 1. The molecule has 12 heteroatoms. The Labute approximate surface area is 313 Å². The molecule has 6 fully saturated rings. The van der Waals surface area contributed by atoms with Crippen molar-refractivity contribution in [3.05, 3.63) is 11.6 Å². The number of aliphatic hydroxyl groups is 5. The molecule has 0 radical (unpaired) electrons. The average molecular weight is 749 g/mol. The Kier molecular flexibility index (Phi) is 9.77. The number of ether oxygens (including phenoxy) is 4. The first-order chi connectivity index (χ1) is 24.5. The van der Waals surface area contributed by atoms with Crippen LogP contribution in [0.15, 0.2) is 11.6 Å². The van der Waals surface area contributed by atoms with Gasteiger partial charge in [-0.15, -0.1) is 0 Å². The largest absolute Gasteiger partial charge is 0.481 e. The molecule has 4 saturated carbocycles. The Hall–Kier alpha value is -1.48. The van der Waals surface area contributed by atoms with Crippen molar-refractivity contribution in [3.8, 4) is 0 Å². The molecule has 7 rings (SSSR count). The fraction of sp³-hybridized carbons (Fsp3) is 0.902. The molecule has 6 N–H and O–H groups in total. The summed E-state index contributed by atoms with van der Waals surface area (Å²) in [5.41, 5.74) is -1.22. The number of rotatable bonds is 5. The number of carboxylic acids is 1. The third-order valence-electron chi connectivity index (χ3n) is 16.6. The smallest absolute Gasteiger partial charge is 0.310 e. The molecule has 0 aromatic rings. The Morgan fingerprint density at radius 3 is 2.17 bits per heavy atom. The second-order valence-corrected chi connectivity index (χ2v) is 20.2. The topological polar surface area (TPSA) is 192 Å². The number of hydrogen-bond donors (Lipinski definition) is 6. The van der Waals surface area contributed by atoms with E-state index in [0.717, 1.165) is 37.7 Å². The molecule has 0 spiro atoms. The lowest BCUT2D eigenvalue weighted by molar-refractivity contribution is -0.364. The van der Waals surface area contributed by atoms with Gasteiger partial charge in [-0.2, -0.15) is 0 Å². The predicted octanol–water partition coefficient (Wildman–Crippen LogP) is 3.73. The van der Waals surface area contributed by atoms with Crippen LogP contribution in [0.1, 0.15) is 113 Å². The quantitative estimate of drug-likeness (QED) is 0.224. The zero-order valence-corrected chi connectivity index (χ0v) is 32.8. The van der Waals surface area contributed by atoms with Crippen molar-refractivity contribution in [2.45, 2.75) is 175 Å². The van der Waals surface area contributed by atoms with Crippen molar-refractivity contribution < 1.29 is 59.2 Å². The van der Waals surface area contributed by atoms with Crippen LogP contribution in [0.3, 0.4) is 0 Å². The van der Waals surface area contributed by atoms with Gasteiger partial charge in [0.25, 0.3) is 0 Å². The summed E-state index contributed by atoms with van der Waals surface area (Å²) in [5.74, 6) is -0.915. The molecule has 17 atom stereocenters. The minimum atomic E-state index is -1.62. The van der Waals surface area contributed by atoms with Crippen LogP contribution in [0.5, 0.6) is 0 Å². The van der Waals surface area contributed by atoms with Crippen molar-refractivity contribution in [2.75, 3.05) is 6.61 Å². The van der Waals surface area contributed by atoms with Gasteiger partial charge in [0, 0.05) is 5.92 Å². The van der Waals surface area contributed by atoms with Gasteiger partial charge in [-0.05, 0) is 110 Å². The van der Waals surface area contributed by atoms with Crippen LogP contribution in [-0.4, -0.2) is 110 Å². The van der Waals surface area contributed by atoms with E-state index in [1.165, 1.54) is 6.92 Å². The van der Waals surface area contributed by atoms with Crippen molar-refractivity contribution >= 4 is 11.8 Å². The summed E-state index contributed by atoms with van der Waals surface area (Å²) in [6, 6.07) is 0. The van der Waals surface area contributed by atoms with E-state index in [1.54, 1.807) is 0 Å². The van der Waals surface area contributed by atoms with E-state index in [2.05, 4.69) is 48.5 Å². The van der Waals surface area contributed by atoms with E-state index >= 15 is 0 Å². The van der Waals surface area contributed by atoms with E-state index in [-0.39, 0.29) is 57.9 Å². The molecular weight excluding hydrogens is 684 g/mol. The number of aliphatic hydroxyl groups excluding tert-OH is 5. The van der Waals surface area contributed by atoms with Gasteiger partial charge in [-0.1, -0.05) is 54.0 Å². The maximum atomic E-state index is 14.8. The van der Waals surface area contributed by atoms with Gasteiger partial charge < -0.3 is 49.6 Å². The monoisotopic (exact) mass is 748 g/mol. The lowest BCUT2D eigenvalue weighted by Gasteiger charge is -2.70. The van der Waals surface area contributed by atoms with Crippen LogP contribution < -0.4 is 0 Å². The van der Waals surface area contributed by atoms with E-state index in [9.17, 15) is 40.2 Å². The summed E-state index contributed by atoms with van der Waals surface area (Å²) < 4.78 is 24.3. The van der Waals surface area contributed by atoms with E-state index in [0.29, 0.717) is 25.7 Å². The number of carbonyl (C=O) groups is 2. The minimum absolute atomic E-state index is 0.00118. The SMILES string of the molecule is C[C@@H]1O[C@@H](O[C@H]2[C@H](O[C@H]3CC[C@]4(C)[C@H]5C(=O)C=C6[C@H]7CC(C)(C)CC[C@]7(C(=O)O)CC[C@@]6(C)[C@]5(C)CC[C@H]4C3(C)C)OC[C@H](O)[C@@H]2O)[C@H](O)[C@H](O)[C@H]1O. The fourth-order valence-corrected chi connectivity index (χ4v) is 13.1. The molecule has 5 aliphatic carbocycles. The molecule has 0 unspecified atom stereocenters. The summed E-state index contributed by atoms with van der Waals surface area (Å²) >= 11 is 0. The van der Waals surface area contributed by atoms with Crippen LogP contribution in [-0.2, 0) is 28.5 Å². The lowest BCUT2D eigenvalue weighted by atomic mass is 9.33. The van der Waals surface area contributed by atoms with Crippen molar-refractivity contribution in [1.29, 1.82) is 0 Å². The standard InChI is InChI=1S/C41H64O12/c1-20-27(44)29(46)30(47)33(51-20)53-31-28(45)24(43)19-50-34(31)52-26-10-11-38(6)25(37(26,4)5)9-12-40(8)32(38)23(42)17-21-22-18-36(2,3)13-15-41(22,35(48)49)16-14-39(21,40)7/h17,20,22,24-34,43-47H,9-16,18-19H2,1-8H3,(H,48,49)/t20-,22+,24-,25-,26-,27-,28-,29+,30+,31+,32+,33-,34-,38-,39+,40+,41-/m0/s1. The molecule has 53 heavy (non-hydrogen) atoms. The zero-order valence-electron chi connectivity index (χ0n) is 32.8. The van der Waals surface area contributed by atoms with Crippen LogP contribution in [0.25, 0.3) is 0 Å². The highest BCUT2D eigenvalue weighted by molar-refractivity contribution is 5.96. The molecule has 0 aromatic carbocycles. The zero-order chi connectivity index (χ0) is 38.8. The maximum Gasteiger partial charge on any atom is 0.310 e. The molecule has 12 nitrogen and oxygen atoms in total. The van der Waals surface area contributed by atoms with Gasteiger partial charge in [-0.25, -0.2) is 0 Å². The van der Waals surface area contributed by atoms with Crippen molar-refractivity contribution in [2.24, 2.45) is 50.2 Å². The molecule has 2 saturated heterocycles. The van der Waals surface area contributed by atoms with Gasteiger partial charge in [0.05, 0.1) is 24.2 Å². The fourth-order valence-electron chi connectivity index (χ4n) is 13.1. The molecule has 300 valence electrons. The second kappa shape index (κ2) is 13.0. The van der Waals surface area contributed by atoms with Gasteiger partial charge in [-0.3, -0.25) is 9.59 Å². The number of hydrogen-bond acceptors (Lipinski definition) is 11. The van der Waals surface area contributed by atoms with Crippen LogP contribution in [0.4, 0.5) is 0 Å². The number of allylic oxidation sites excluding steroid dienone is 2. The van der Waals surface area contributed by atoms with Crippen molar-refractivity contribution in [3.63, 3.8) is 0 Å². The molecular formula is C41H64O12. The van der Waals surface area contributed by atoms with Crippen LogP contribution >= 0.6 is 0 Å². The Morgan fingerprint density at radius 2 is 1.49 bits per heavy atom. The van der Waals surface area contributed by atoms with Crippen LogP contribution in [0, 0.1) is 50.2 Å². The van der Waals surface area contributed by atoms with Gasteiger partial charge in [0.15, 0.2) is 18.4 Å². The minimum Gasteiger partial charge on any atom is -0.481 e. The first-order valence-electron chi connectivity index (χ1n) is 20.0. The Morgan fingerprint density at radius 1 is 0.811 bits per heavy atom. The summed E-state index contributed by atoms with van der Waals surface area (Å²) in [4.78, 5) is 27.8. The number of carboxylic acid groups (broad SMARTS) is 1. The highest BCUT2D eigenvalue weighted by atomic mass is 16.8. The normalized spacial score (nSPS) is 53.3. The lowest BCUT2D eigenvalue weighted by Crippen LogP contribution is -2.67. The highest BCUT2D eigenvalue weighted by Gasteiger charge is 2.71. The first kappa shape index (κ1) is 39.7. The Bertz CT molecular complexity index is 1490. The summed E-state index contributed by atoms with van der Waals surface area (Å²) in [5, 5.41) is 63.5. The van der Waals surface area contributed by atoms with E-state index < -0.39 is 72.1 Å². The highest BCUT2D eigenvalue weighted by Crippen LogP contribution is 2.75. The molecule has 2 aliphatic heterocycles. The van der Waals surface area contributed by atoms with Gasteiger partial charge in [0.1, 0.15) is 36.6 Å². The van der Waals surface area contributed by atoms with Gasteiger partial charge >= 0.3 is 5.97 Å². The summed E-state index contributed by atoms with van der Waals surface area (Å²) in [6.07, 6.45) is -3.73. The van der Waals surface area contributed by atoms with Crippen molar-refractivity contribution in [1.82, 2.24) is 0 Å². The second-order valence-electron chi connectivity index (χ2n) is 20.2. The average Bonchev–Trinajstić information content (AvgIpc) is 3.07. The molecule has 0 aromatic heterocycles. The third kappa shape index (κ3) is 5.77. The molecule has 0 bridgehead atoms. The molecule has 2 heterocycles. The summed E-state index contributed by atoms with van der Waals surface area (Å²) in [6.45, 7) is 17.0. The molecule has 0 amide bonds. The summed E-state index contributed by atoms with van der Waals surface area (Å²) in [7, 11) is 0. The number of aliphatic carboxylic acids is 1. The predicted molar refractivity (Wildman–Crippen MR) is 191 cm³/mol. The molecule has 7 aliphatic rings.